The largest absolute Gasteiger partial charge is 0.462 e. The second kappa shape index (κ2) is 9.34. The summed E-state index contributed by atoms with van der Waals surface area (Å²) in [5.41, 5.74) is 3.02. The molecule has 0 aromatic carbocycles. The maximum atomic E-state index is 12.1. The third-order valence-corrected chi connectivity index (χ3v) is 10.1. The van der Waals surface area contributed by atoms with E-state index in [9.17, 15) is 4.79 Å². The van der Waals surface area contributed by atoms with Crippen molar-refractivity contribution in [2.45, 2.75) is 84.7 Å². The molecule has 34 heavy (non-hydrogen) atoms. The predicted molar refractivity (Wildman–Crippen MR) is 128 cm³/mol. The quantitative estimate of drug-likeness (QED) is 0.398. The van der Waals surface area contributed by atoms with Crippen LogP contribution in [-0.2, 0) is 28.5 Å². The molecular weight excluding hydrogens is 432 g/mol. The van der Waals surface area contributed by atoms with Crippen LogP contribution in [0.1, 0.15) is 66.2 Å². The number of fused-ring (bicyclic) bond motifs is 5. The van der Waals surface area contributed by atoms with E-state index in [4.69, 9.17) is 23.7 Å². The molecule has 0 N–H and O–H groups in total. The first-order valence-electron chi connectivity index (χ1n) is 13.2. The Bertz CT molecular complexity index is 844. The Morgan fingerprint density at radius 2 is 1.91 bits per heavy atom. The average Bonchev–Trinajstić information content (AvgIpc) is 3.45. The minimum atomic E-state index is -0.207. The second-order valence-corrected chi connectivity index (χ2v) is 11.7. The highest BCUT2D eigenvalue weighted by atomic mass is 16.7. The smallest absolute Gasteiger partial charge is 0.302 e. The number of rotatable bonds is 6. The van der Waals surface area contributed by atoms with Gasteiger partial charge in [0.2, 0.25) is 0 Å². The second-order valence-electron chi connectivity index (χ2n) is 11.7. The molecule has 0 spiro atoms. The molecule has 4 fully saturated rings. The zero-order valence-electron chi connectivity index (χ0n) is 21.5. The summed E-state index contributed by atoms with van der Waals surface area (Å²) in [6.45, 7) is 10.4. The molecule has 4 aliphatic carbocycles. The van der Waals surface area contributed by atoms with Crippen LogP contribution in [0.2, 0.25) is 0 Å². The number of carbonyl (C=O) groups excluding carboxylic acids is 1. The first kappa shape index (κ1) is 24.5. The topological polar surface area (TPSA) is 63.2 Å². The molecule has 3 saturated carbocycles. The van der Waals surface area contributed by atoms with Crippen molar-refractivity contribution in [3.05, 3.63) is 23.3 Å². The lowest BCUT2D eigenvalue weighted by molar-refractivity contribution is -0.166. The highest BCUT2D eigenvalue weighted by Crippen LogP contribution is 2.66. The Hall–Kier alpha value is -1.21. The van der Waals surface area contributed by atoms with E-state index < -0.39 is 0 Å². The van der Waals surface area contributed by atoms with Gasteiger partial charge < -0.3 is 23.7 Å². The molecule has 1 saturated heterocycles. The van der Waals surface area contributed by atoms with Crippen LogP contribution in [0.4, 0.5) is 0 Å². The molecule has 3 unspecified atom stereocenters. The van der Waals surface area contributed by atoms with Gasteiger partial charge in [-0.25, -0.2) is 0 Å². The van der Waals surface area contributed by atoms with Gasteiger partial charge in [-0.3, -0.25) is 4.79 Å². The van der Waals surface area contributed by atoms with Gasteiger partial charge in [-0.05, 0) is 55.3 Å². The highest BCUT2D eigenvalue weighted by Gasteiger charge is 2.60. The maximum absolute atomic E-state index is 12.1. The Morgan fingerprint density at radius 1 is 1.15 bits per heavy atom. The maximum Gasteiger partial charge on any atom is 0.302 e. The fourth-order valence-electron chi connectivity index (χ4n) is 8.44. The molecule has 0 radical (unpaired) electrons. The van der Waals surface area contributed by atoms with Crippen LogP contribution in [0.5, 0.6) is 0 Å². The van der Waals surface area contributed by atoms with E-state index in [-0.39, 0.29) is 42.1 Å². The van der Waals surface area contributed by atoms with Crippen molar-refractivity contribution in [2.24, 2.45) is 34.5 Å². The summed E-state index contributed by atoms with van der Waals surface area (Å²) >= 11 is 0. The number of carbonyl (C=O) groups is 1. The molecule has 8 atom stereocenters. The van der Waals surface area contributed by atoms with Crippen molar-refractivity contribution in [3.8, 4) is 0 Å². The van der Waals surface area contributed by atoms with Gasteiger partial charge in [0, 0.05) is 31.8 Å². The summed E-state index contributed by atoms with van der Waals surface area (Å²) in [6, 6.07) is 0. The molecule has 0 aromatic rings. The SMILES string of the molecule is COCOC1CC2=CC=C3[C@@H]4CC[C@H](C(C)C5OCCO5)[C@@]4(C)CC[C@@H]3[C@@]2(C)C(OC(C)=O)C1. The molecule has 5 rings (SSSR count). The summed E-state index contributed by atoms with van der Waals surface area (Å²) in [7, 11) is 1.64. The third kappa shape index (κ3) is 3.89. The van der Waals surface area contributed by atoms with Gasteiger partial charge >= 0.3 is 5.97 Å². The van der Waals surface area contributed by atoms with E-state index in [1.165, 1.54) is 31.8 Å². The van der Waals surface area contributed by atoms with Crippen molar-refractivity contribution in [2.75, 3.05) is 27.1 Å². The summed E-state index contributed by atoms with van der Waals surface area (Å²) in [5, 5.41) is 0. The summed E-state index contributed by atoms with van der Waals surface area (Å²) < 4.78 is 29.0. The van der Waals surface area contributed by atoms with Crippen molar-refractivity contribution >= 4 is 5.97 Å². The van der Waals surface area contributed by atoms with E-state index in [0.29, 0.717) is 36.9 Å². The molecule has 1 heterocycles. The molecular formula is C28H42O6. The average molecular weight is 475 g/mol. The van der Waals surface area contributed by atoms with Crippen molar-refractivity contribution in [1.29, 1.82) is 0 Å². The van der Waals surface area contributed by atoms with Crippen LogP contribution < -0.4 is 0 Å². The number of allylic oxidation sites excluding steroid dienone is 3. The van der Waals surface area contributed by atoms with E-state index in [1.807, 2.05) is 0 Å². The molecule has 6 heteroatoms. The summed E-state index contributed by atoms with van der Waals surface area (Å²) in [5.74, 6) is 1.77. The number of methoxy groups -OCH3 is 1. The first-order chi connectivity index (χ1) is 16.3. The fourth-order valence-corrected chi connectivity index (χ4v) is 8.44. The van der Waals surface area contributed by atoms with Gasteiger partial charge in [-0.1, -0.05) is 44.1 Å². The van der Waals surface area contributed by atoms with E-state index in [0.717, 1.165) is 19.3 Å². The van der Waals surface area contributed by atoms with Crippen LogP contribution in [0, 0.1) is 34.5 Å². The Kier molecular flexibility index (Phi) is 6.73. The Balaban J connectivity index is 1.44. The van der Waals surface area contributed by atoms with E-state index >= 15 is 0 Å². The third-order valence-electron chi connectivity index (χ3n) is 10.1. The normalized spacial score (nSPS) is 42.8. The van der Waals surface area contributed by atoms with E-state index in [2.05, 4.69) is 32.9 Å². The number of ether oxygens (including phenoxy) is 5. The van der Waals surface area contributed by atoms with Crippen LogP contribution >= 0.6 is 0 Å². The lowest BCUT2D eigenvalue weighted by Gasteiger charge is -2.57. The van der Waals surface area contributed by atoms with Gasteiger partial charge in [0.15, 0.2) is 6.29 Å². The van der Waals surface area contributed by atoms with Crippen molar-refractivity contribution < 1.29 is 28.5 Å². The Labute approximate surface area is 204 Å². The molecule has 1 aliphatic heterocycles. The summed E-state index contributed by atoms with van der Waals surface area (Å²) in [4.78, 5) is 12.1. The number of esters is 1. The zero-order chi connectivity index (χ0) is 24.1. The minimum Gasteiger partial charge on any atom is -0.462 e. The summed E-state index contributed by atoms with van der Waals surface area (Å²) in [6.07, 6.45) is 10.9. The van der Waals surface area contributed by atoms with Gasteiger partial charge in [0.1, 0.15) is 12.9 Å². The minimum absolute atomic E-state index is 0.00977. The van der Waals surface area contributed by atoms with Gasteiger partial charge in [-0.2, -0.15) is 0 Å². The molecule has 0 aromatic heterocycles. The number of hydrogen-bond donors (Lipinski definition) is 0. The molecule has 0 amide bonds. The van der Waals surface area contributed by atoms with Crippen LogP contribution in [0.15, 0.2) is 23.3 Å². The predicted octanol–water partition coefficient (Wildman–Crippen LogP) is 5.03. The molecule has 6 nitrogen and oxygen atoms in total. The molecule has 190 valence electrons. The highest BCUT2D eigenvalue weighted by molar-refractivity contribution is 5.66. The first-order valence-corrected chi connectivity index (χ1v) is 13.2. The van der Waals surface area contributed by atoms with Crippen LogP contribution in [-0.4, -0.2) is 51.6 Å². The monoisotopic (exact) mass is 474 g/mol. The lowest BCUT2D eigenvalue weighted by atomic mass is 9.49. The molecule has 5 aliphatic rings. The van der Waals surface area contributed by atoms with Gasteiger partial charge in [-0.15, -0.1) is 0 Å². The van der Waals surface area contributed by atoms with Crippen LogP contribution in [0.3, 0.4) is 0 Å². The Morgan fingerprint density at radius 3 is 2.62 bits per heavy atom. The van der Waals surface area contributed by atoms with Crippen molar-refractivity contribution in [3.63, 3.8) is 0 Å². The standard InChI is InChI=1S/C28H42O6/c1-17(26-31-12-13-32-26)22-8-9-23-21-7-6-19-14-20(33-16-30-5)15-25(34-18(2)29)28(19,4)24(21)10-11-27(22,23)3/h6-7,17,20,22-26H,8-16H2,1-5H3/t17?,20?,22-,23+,24+,25?,27-,28+/m1/s1. The molecule has 0 bridgehead atoms. The van der Waals surface area contributed by atoms with Gasteiger partial charge in [0.05, 0.1) is 19.3 Å². The number of hydrogen-bond acceptors (Lipinski definition) is 6. The fraction of sp³-hybridized carbons (Fsp3) is 0.821. The van der Waals surface area contributed by atoms with E-state index in [1.54, 1.807) is 12.7 Å². The van der Waals surface area contributed by atoms with Crippen LogP contribution in [0.25, 0.3) is 0 Å². The van der Waals surface area contributed by atoms with Gasteiger partial charge in [0.25, 0.3) is 0 Å². The van der Waals surface area contributed by atoms with Crippen molar-refractivity contribution in [1.82, 2.24) is 0 Å². The lowest BCUT2D eigenvalue weighted by Crippen LogP contribution is -2.54. The zero-order valence-corrected chi connectivity index (χ0v) is 21.5.